The molecule has 1 rings (SSSR count). The number of hydrogen-bond donors (Lipinski definition) is 0. The molecule has 1 aliphatic rings. The molecule has 1 saturated carbocycles. The standard InChI is InChI=1S/C17H27F5O2/c1-4-15(2,3)14(23)24-13(11-12-7-5-6-8-12)9-10-16(18,19)17(20,21)22/h12-13H,4-11H2,1-3H3. The van der Waals surface area contributed by atoms with Crippen molar-refractivity contribution in [2.24, 2.45) is 11.3 Å². The van der Waals surface area contributed by atoms with E-state index in [1.807, 2.05) is 0 Å². The van der Waals surface area contributed by atoms with E-state index in [2.05, 4.69) is 0 Å². The maximum atomic E-state index is 13.2. The van der Waals surface area contributed by atoms with Crippen LogP contribution in [0.5, 0.6) is 0 Å². The lowest BCUT2D eigenvalue weighted by molar-refractivity contribution is -0.285. The van der Waals surface area contributed by atoms with Gasteiger partial charge in [-0.3, -0.25) is 4.79 Å². The molecule has 2 nitrogen and oxygen atoms in total. The quantitative estimate of drug-likeness (QED) is 0.399. The molecule has 0 aliphatic heterocycles. The van der Waals surface area contributed by atoms with Gasteiger partial charge < -0.3 is 4.74 Å². The zero-order chi connectivity index (χ0) is 18.6. The Morgan fingerprint density at radius 1 is 1.12 bits per heavy atom. The van der Waals surface area contributed by atoms with Crippen LogP contribution in [0.4, 0.5) is 22.0 Å². The number of ether oxygens (including phenoxy) is 1. The van der Waals surface area contributed by atoms with Crippen molar-refractivity contribution in [2.45, 2.75) is 90.3 Å². The second kappa shape index (κ2) is 8.00. The minimum absolute atomic E-state index is 0.229. The first-order chi connectivity index (χ1) is 10.9. The molecule has 0 aromatic carbocycles. The predicted molar refractivity (Wildman–Crippen MR) is 80.8 cm³/mol. The number of carbonyl (C=O) groups is 1. The second-order valence-electron chi connectivity index (χ2n) is 7.39. The summed E-state index contributed by atoms with van der Waals surface area (Å²) in [7, 11) is 0. The molecule has 0 aromatic rings. The smallest absolute Gasteiger partial charge is 0.453 e. The van der Waals surface area contributed by atoms with E-state index in [9.17, 15) is 26.7 Å². The van der Waals surface area contributed by atoms with Crippen molar-refractivity contribution in [3.8, 4) is 0 Å². The molecule has 0 radical (unpaired) electrons. The maximum absolute atomic E-state index is 13.2. The van der Waals surface area contributed by atoms with Crippen molar-refractivity contribution in [2.75, 3.05) is 0 Å². The van der Waals surface area contributed by atoms with Crippen LogP contribution in [0.15, 0.2) is 0 Å². The molecule has 0 heterocycles. The number of esters is 1. The summed E-state index contributed by atoms with van der Waals surface area (Å²) in [6.45, 7) is 5.14. The zero-order valence-electron chi connectivity index (χ0n) is 14.5. The summed E-state index contributed by atoms with van der Waals surface area (Å²) in [6, 6.07) is 0. The van der Waals surface area contributed by atoms with Crippen LogP contribution >= 0.6 is 0 Å². The van der Waals surface area contributed by atoms with Gasteiger partial charge in [0.1, 0.15) is 6.10 Å². The lowest BCUT2D eigenvalue weighted by Gasteiger charge is -2.28. The first kappa shape index (κ1) is 21.2. The van der Waals surface area contributed by atoms with E-state index in [1.54, 1.807) is 20.8 Å². The Labute approximate surface area is 140 Å². The van der Waals surface area contributed by atoms with Crippen LogP contribution in [0.1, 0.15) is 72.1 Å². The van der Waals surface area contributed by atoms with E-state index in [0.717, 1.165) is 25.7 Å². The van der Waals surface area contributed by atoms with E-state index in [1.165, 1.54) is 0 Å². The molecule has 1 aliphatic carbocycles. The van der Waals surface area contributed by atoms with Gasteiger partial charge in [0.15, 0.2) is 0 Å². The molecule has 1 unspecified atom stereocenters. The number of rotatable bonds is 8. The number of halogens is 5. The van der Waals surface area contributed by atoms with Gasteiger partial charge in [0.2, 0.25) is 0 Å². The van der Waals surface area contributed by atoms with E-state index in [-0.39, 0.29) is 5.92 Å². The van der Waals surface area contributed by atoms with Crippen LogP contribution in [0, 0.1) is 11.3 Å². The van der Waals surface area contributed by atoms with Crippen LogP contribution in [-0.2, 0) is 9.53 Å². The highest BCUT2D eigenvalue weighted by Gasteiger charge is 2.57. The minimum Gasteiger partial charge on any atom is -0.462 e. The zero-order valence-corrected chi connectivity index (χ0v) is 14.5. The molecule has 0 aromatic heterocycles. The maximum Gasteiger partial charge on any atom is 0.453 e. The molecule has 7 heteroatoms. The summed E-state index contributed by atoms with van der Waals surface area (Å²) in [5.41, 5.74) is -0.777. The topological polar surface area (TPSA) is 26.3 Å². The third kappa shape index (κ3) is 5.88. The van der Waals surface area contributed by atoms with Crippen LogP contribution in [0.2, 0.25) is 0 Å². The third-order valence-electron chi connectivity index (χ3n) is 4.98. The number of carbonyl (C=O) groups excluding carboxylic acids is 1. The Morgan fingerprint density at radius 3 is 2.12 bits per heavy atom. The highest BCUT2D eigenvalue weighted by atomic mass is 19.4. The number of alkyl halides is 5. The van der Waals surface area contributed by atoms with Crippen LogP contribution in [0.3, 0.4) is 0 Å². The average molecular weight is 358 g/mol. The Hall–Kier alpha value is -0.880. The Morgan fingerprint density at radius 2 is 1.67 bits per heavy atom. The van der Waals surface area contributed by atoms with Crippen LogP contribution in [0.25, 0.3) is 0 Å². The summed E-state index contributed by atoms with van der Waals surface area (Å²) in [5.74, 6) is -5.07. The second-order valence-corrected chi connectivity index (χ2v) is 7.39. The predicted octanol–water partition coefficient (Wildman–Crippen LogP) is 5.89. The van der Waals surface area contributed by atoms with Crippen molar-refractivity contribution in [1.29, 1.82) is 0 Å². The van der Waals surface area contributed by atoms with Crippen molar-refractivity contribution in [3.63, 3.8) is 0 Å². The summed E-state index contributed by atoms with van der Waals surface area (Å²) >= 11 is 0. The minimum atomic E-state index is -5.57. The lowest BCUT2D eigenvalue weighted by atomic mass is 9.90. The van der Waals surface area contributed by atoms with Gasteiger partial charge in [0, 0.05) is 6.42 Å². The van der Waals surface area contributed by atoms with Gasteiger partial charge in [-0.15, -0.1) is 0 Å². The molecular formula is C17H27F5O2. The Kier molecular flexibility index (Phi) is 7.05. The molecule has 1 atom stereocenters. The first-order valence-electron chi connectivity index (χ1n) is 8.54. The fourth-order valence-electron chi connectivity index (χ4n) is 2.78. The Balaban J connectivity index is 2.72. The lowest BCUT2D eigenvalue weighted by Crippen LogP contribution is -2.38. The molecule has 0 saturated heterocycles. The van der Waals surface area contributed by atoms with Gasteiger partial charge in [-0.25, -0.2) is 0 Å². The normalized spacial score (nSPS) is 18.7. The highest BCUT2D eigenvalue weighted by molar-refractivity contribution is 5.75. The van der Waals surface area contributed by atoms with Crippen LogP contribution in [-0.4, -0.2) is 24.2 Å². The van der Waals surface area contributed by atoms with Gasteiger partial charge in [-0.1, -0.05) is 32.6 Å². The van der Waals surface area contributed by atoms with Gasteiger partial charge in [0.25, 0.3) is 0 Å². The summed E-state index contributed by atoms with van der Waals surface area (Å²) in [4.78, 5) is 12.2. The van der Waals surface area contributed by atoms with Crippen molar-refractivity contribution in [1.82, 2.24) is 0 Å². The summed E-state index contributed by atoms with van der Waals surface area (Å²) < 4.78 is 68.7. The Bertz CT molecular complexity index is 412. The summed E-state index contributed by atoms with van der Waals surface area (Å²) in [5, 5.41) is 0. The molecule has 0 N–H and O–H groups in total. The SMILES string of the molecule is CCC(C)(C)C(=O)OC(CCC(F)(F)C(F)(F)F)CC1CCCC1. The van der Waals surface area contributed by atoms with E-state index < -0.39 is 42.4 Å². The summed E-state index contributed by atoms with van der Waals surface area (Å²) in [6.07, 6.45) is -3.59. The number of hydrogen-bond acceptors (Lipinski definition) is 2. The average Bonchev–Trinajstić information content (AvgIpc) is 2.96. The van der Waals surface area contributed by atoms with Gasteiger partial charge in [-0.2, -0.15) is 22.0 Å². The third-order valence-corrected chi connectivity index (χ3v) is 4.98. The molecule has 0 amide bonds. The van der Waals surface area contributed by atoms with Crippen molar-refractivity contribution >= 4 is 5.97 Å². The highest BCUT2D eigenvalue weighted by Crippen LogP contribution is 2.40. The molecule has 1 fully saturated rings. The van der Waals surface area contributed by atoms with E-state index in [0.29, 0.717) is 12.8 Å². The molecule has 142 valence electrons. The van der Waals surface area contributed by atoms with E-state index >= 15 is 0 Å². The van der Waals surface area contributed by atoms with Crippen molar-refractivity contribution < 1.29 is 31.5 Å². The molecule has 0 bridgehead atoms. The van der Waals surface area contributed by atoms with Gasteiger partial charge in [-0.05, 0) is 39.0 Å². The molecular weight excluding hydrogens is 331 g/mol. The molecule has 24 heavy (non-hydrogen) atoms. The van der Waals surface area contributed by atoms with Gasteiger partial charge in [0.05, 0.1) is 5.41 Å². The molecule has 0 spiro atoms. The van der Waals surface area contributed by atoms with Crippen molar-refractivity contribution in [3.05, 3.63) is 0 Å². The van der Waals surface area contributed by atoms with E-state index in [4.69, 9.17) is 4.74 Å². The monoisotopic (exact) mass is 358 g/mol. The largest absolute Gasteiger partial charge is 0.462 e. The fraction of sp³-hybridized carbons (Fsp3) is 0.941. The van der Waals surface area contributed by atoms with Crippen LogP contribution < -0.4 is 0 Å². The first-order valence-corrected chi connectivity index (χ1v) is 8.54. The van der Waals surface area contributed by atoms with Gasteiger partial charge >= 0.3 is 18.1 Å². The fourth-order valence-corrected chi connectivity index (χ4v) is 2.78.